The summed E-state index contributed by atoms with van der Waals surface area (Å²) in [7, 11) is 0. The van der Waals surface area contributed by atoms with Gasteiger partial charge in [0, 0.05) is 17.6 Å². The monoisotopic (exact) mass is 253 g/mol. The molecule has 0 fully saturated rings. The lowest BCUT2D eigenvalue weighted by atomic mass is 10.2. The zero-order chi connectivity index (χ0) is 12.9. The van der Waals surface area contributed by atoms with Gasteiger partial charge in [-0.3, -0.25) is 0 Å². The molecule has 0 saturated carbocycles. The van der Waals surface area contributed by atoms with Gasteiger partial charge in [0.05, 0.1) is 13.1 Å². The van der Waals surface area contributed by atoms with Gasteiger partial charge in [0.25, 0.3) is 0 Å². The maximum atomic E-state index is 4.11. The molecule has 0 aliphatic carbocycles. The number of H-pyrrole nitrogens is 1. The normalized spacial score (nSPS) is 10.5. The molecule has 0 radical (unpaired) electrons. The molecule has 5 nitrogen and oxygen atoms in total. The van der Waals surface area contributed by atoms with Crippen molar-refractivity contribution in [1.29, 1.82) is 0 Å². The quantitative estimate of drug-likeness (QED) is 0.733. The summed E-state index contributed by atoms with van der Waals surface area (Å²) in [6.45, 7) is 1.53. The summed E-state index contributed by atoms with van der Waals surface area (Å²) in [4.78, 5) is 7.12. The molecule has 2 N–H and O–H groups in total. The number of hydrogen-bond acceptors (Lipinski definition) is 3. The second kappa shape index (κ2) is 5.39. The van der Waals surface area contributed by atoms with E-state index >= 15 is 0 Å². The van der Waals surface area contributed by atoms with Gasteiger partial charge in [0.1, 0.15) is 12.7 Å². The molecule has 0 bridgehead atoms. The average molecular weight is 253 g/mol. The summed E-state index contributed by atoms with van der Waals surface area (Å²) in [5.41, 5.74) is 3.47. The van der Waals surface area contributed by atoms with E-state index in [9.17, 15) is 0 Å². The molecule has 0 atom stereocenters. The van der Waals surface area contributed by atoms with E-state index in [0.29, 0.717) is 0 Å². The van der Waals surface area contributed by atoms with Crippen LogP contribution in [-0.2, 0) is 13.1 Å². The Morgan fingerprint density at radius 3 is 3.00 bits per heavy atom. The molecule has 5 heteroatoms. The molecule has 3 rings (SSSR count). The number of nitrogens with zero attached hydrogens (tertiary/aromatic N) is 3. The van der Waals surface area contributed by atoms with Crippen LogP contribution < -0.4 is 5.32 Å². The minimum atomic E-state index is 0.734. The third kappa shape index (κ3) is 3.01. The number of anilines is 1. The zero-order valence-electron chi connectivity index (χ0n) is 10.5. The predicted molar refractivity (Wildman–Crippen MR) is 73.7 cm³/mol. The van der Waals surface area contributed by atoms with Crippen LogP contribution in [0.3, 0.4) is 0 Å². The molecule has 2 aromatic heterocycles. The Hall–Kier alpha value is -2.56. The lowest BCUT2D eigenvalue weighted by Gasteiger charge is -2.07. The average Bonchev–Trinajstić information content (AvgIpc) is 3.10. The first-order chi connectivity index (χ1) is 9.40. The fourth-order valence-corrected chi connectivity index (χ4v) is 1.96. The molecule has 2 heterocycles. The fraction of sp³-hybridized carbons (Fsp3) is 0.143. The first kappa shape index (κ1) is 11.5. The van der Waals surface area contributed by atoms with Gasteiger partial charge in [-0.05, 0) is 29.8 Å². The van der Waals surface area contributed by atoms with E-state index in [1.54, 1.807) is 12.7 Å². The fourth-order valence-electron chi connectivity index (χ4n) is 1.96. The number of aromatic nitrogens is 4. The molecule has 3 aromatic rings. The van der Waals surface area contributed by atoms with Crippen LogP contribution in [0.1, 0.15) is 11.3 Å². The second-order valence-corrected chi connectivity index (χ2v) is 4.34. The van der Waals surface area contributed by atoms with Crippen LogP contribution in [-0.4, -0.2) is 19.7 Å². The Morgan fingerprint density at radius 1 is 1.21 bits per heavy atom. The van der Waals surface area contributed by atoms with Crippen molar-refractivity contribution in [1.82, 2.24) is 19.7 Å². The van der Waals surface area contributed by atoms with E-state index < -0.39 is 0 Å². The number of aromatic amines is 1. The van der Waals surface area contributed by atoms with Crippen LogP contribution in [0.5, 0.6) is 0 Å². The summed E-state index contributed by atoms with van der Waals surface area (Å²) in [5.74, 6) is 0. The van der Waals surface area contributed by atoms with Crippen LogP contribution in [0, 0.1) is 0 Å². The standard InChI is InChI=1S/C14H15N5/c1-3-12(9-19-11-15-10-18-19)7-13(4-1)17-8-14-5-2-6-16-14/h1-7,10-11,16-17H,8-9H2. The van der Waals surface area contributed by atoms with Crippen molar-refractivity contribution in [2.24, 2.45) is 0 Å². The van der Waals surface area contributed by atoms with Gasteiger partial charge in [0.2, 0.25) is 0 Å². The van der Waals surface area contributed by atoms with Gasteiger partial charge in [-0.2, -0.15) is 5.10 Å². The molecule has 0 aliphatic rings. The van der Waals surface area contributed by atoms with E-state index in [1.165, 1.54) is 11.3 Å². The minimum absolute atomic E-state index is 0.734. The summed E-state index contributed by atoms with van der Waals surface area (Å²) >= 11 is 0. The molecular formula is C14H15N5. The topological polar surface area (TPSA) is 58.5 Å². The van der Waals surface area contributed by atoms with Crippen molar-refractivity contribution < 1.29 is 0 Å². The smallest absolute Gasteiger partial charge is 0.137 e. The van der Waals surface area contributed by atoms with Crippen molar-refractivity contribution in [2.45, 2.75) is 13.1 Å². The van der Waals surface area contributed by atoms with Crippen LogP contribution in [0.2, 0.25) is 0 Å². The van der Waals surface area contributed by atoms with Crippen molar-refractivity contribution in [2.75, 3.05) is 5.32 Å². The maximum Gasteiger partial charge on any atom is 0.137 e. The van der Waals surface area contributed by atoms with E-state index in [-0.39, 0.29) is 0 Å². The zero-order valence-corrected chi connectivity index (χ0v) is 10.5. The molecule has 0 spiro atoms. The molecule has 0 unspecified atom stereocenters. The second-order valence-electron chi connectivity index (χ2n) is 4.34. The highest BCUT2D eigenvalue weighted by atomic mass is 15.3. The van der Waals surface area contributed by atoms with Gasteiger partial charge in [-0.25, -0.2) is 9.67 Å². The minimum Gasteiger partial charge on any atom is -0.379 e. The Kier molecular flexibility index (Phi) is 3.27. The van der Waals surface area contributed by atoms with E-state index in [2.05, 4.69) is 44.6 Å². The molecule has 1 aromatic carbocycles. The van der Waals surface area contributed by atoms with Gasteiger partial charge >= 0.3 is 0 Å². The Bertz CT molecular complexity index is 613. The summed E-state index contributed by atoms with van der Waals surface area (Å²) in [6, 6.07) is 12.4. The van der Waals surface area contributed by atoms with Gasteiger partial charge < -0.3 is 10.3 Å². The third-order valence-electron chi connectivity index (χ3n) is 2.88. The van der Waals surface area contributed by atoms with Crippen LogP contribution >= 0.6 is 0 Å². The highest BCUT2D eigenvalue weighted by Gasteiger charge is 1.98. The van der Waals surface area contributed by atoms with Gasteiger partial charge in [-0.1, -0.05) is 12.1 Å². The van der Waals surface area contributed by atoms with E-state index in [1.807, 2.05) is 23.0 Å². The Labute approximate surface area is 111 Å². The Morgan fingerprint density at radius 2 is 2.21 bits per heavy atom. The SMILES string of the molecule is c1cc(Cn2cncn2)cc(NCc2ccc[nH]2)c1. The van der Waals surface area contributed by atoms with Crippen LogP contribution in [0.25, 0.3) is 0 Å². The van der Waals surface area contributed by atoms with Crippen molar-refractivity contribution >= 4 is 5.69 Å². The van der Waals surface area contributed by atoms with Crippen molar-refractivity contribution in [3.05, 3.63) is 66.5 Å². The molecule has 19 heavy (non-hydrogen) atoms. The van der Waals surface area contributed by atoms with Crippen molar-refractivity contribution in [3.8, 4) is 0 Å². The first-order valence-corrected chi connectivity index (χ1v) is 6.18. The van der Waals surface area contributed by atoms with Gasteiger partial charge in [-0.15, -0.1) is 0 Å². The lowest BCUT2D eigenvalue weighted by Crippen LogP contribution is -2.02. The molecular weight excluding hydrogens is 238 g/mol. The molecule has 0 aliphatic heterocycles. The summed E-state index contributed by atoms with van der Waals surface area (Å²) < 4.78 is 1.81. The molecule has 96 valence electrons. The van der Waals surface area contributed by atoms with Gasteiger partial charge in [0.15, 0.2) is 0 Å². The van der Waals surface area contributed by atoms with Crippen LogP contribution in [0.4, 0.5) is 5.69 Å². The number of hydrogen-bond donors (Lipinski definition) is 2. The van der Waals surface area contributed by atoms with Crippen LogP contribution in [0.15, 0.2) is 55.2 Å². The lowest BCUT2D eigenvalue weighted by molar-refractivity contribution is 0.685. The maximum absolute atomic E-state index is 4.11. The summed E-state index contributed by atoms with van der Waals surface area (Å²) in [6.07, 6.45) is 5.20. The largest absolute Gasteiger partial charge is 0.379 e. The highest BCUT2D eigenvalue weighted by molar-refractivity contribution is 5.46. The highest BCUT2D eigenvalue weighted by Crippen LogP contribution is 2.12. The number of nitrogens with one attached hydrogen (secondary N) is 2. The van der Waals surface area contributed by atoms with E-state index in [0.717, 1.165) is 18.8 Å². The summed E-state index contributed by atoms with van der Waals surface area (Å²) in [5, 5.41) is 7.50. The Balaban J connectivity index is 1.66. The van der Waals surface area contributed by atoms with Crippen molar-refractivity contribution in [3.63, 3.8) is 0 Å². The molecule has 0 saturated heterocycles. The number of benzene rings is 1. The van der Waals surface area contributed by atoms with E-state index in [4.69, 9.17) is 0 Å². The molecule has 0 amide bonds. The first-order valence-electron chi connectivity index (χ1n) is 6.18. The predicted octanol–water partition coefficient (Wildman–Crippen LogP) is 2.27. The third-order valence-corrected chi connectivity index (χ3v) is 2.88. The number of rotatable bonds is 5.